The Bertz CT molecular complexity index is 613. The van der Waals surface area contributed by atoms with Gasteiger partial charge in [-0.25, -0.2) is 14.7 Å². The Balaban J connectivity index is 1.57. The van der Waals surface area contributed by atoms with Crippen LogP contribution in [-0.4, -0.2) is 26.8 Å². The van der Waals surface area contributed by atoms with Crippen molar-refractivity contribution < 1.29 is 0 Å². The van der Waals surface area contributed by atoms with Crippen LogP contribution in [0.2, 0.25) is 0 Å². The highest BCUT2D eigenvalue weighted by Crippen LogP contribution is 2.17. The van der Waals surface area contributed by atoms with Crippen LogP contribution in [0.5, 0.6) is 0 Å². The monoisotopic (exact) mass is 298 g/mol. The lowest BCUT2D eigenvalue weighted by Crippen LogP contribution is -2.41. The predicted octanol–water partition coefficient (Wildman–Crippen LogP) is 2.00. The van der Waals surface area contributed by atoms with E-state index in [1.54, 1.807) is 11.0 Å². The summed E-state index contributed by atoms with van der Waals surface area (Å²) >= 11 is 0. The fourth-order valence-electron chi connectivity index (χ4n) is 2.73. The quantitative estimate of drug-likeness (QED) is 0.668. The molecule has 1 aliphatic carbocycles. The van der Waals surface area contributed by atoms with Crippen molar-refractivity contribution in [3.8, 4) is 5.69 Å². The number of nitrogens with two attached hydrogens (primary N) is 1. The Morgan fingerprint density at radius 2 is 2.00 bits per heavy atom. The minimum Gasteiger partial charge on any atom is -0.370 e. The molecular formula is C16H22N6. The largest absolute Gasteiger partial charge is 0.370 e. The van der Waals surface area contributed by atoms with Gasteiger partial charge in [0.25, 0.3) is 0 Å². The zero-order valence-corrected chi connectivity index (χ0v) is 12.7. The molecule has 0 saturated heterocycles. The summed E-state index contributed by atoms with van der Waals surface area (Å²) < 4.78 is 1.75. The minimum absolute atomic E-state index is 0.394. The Hall–Kier alpha value is -2.37. The molecule has 1 saturated carbocycles. The van der Waals surface area contributed by atoms with Gasteiger partial charge in [-0.15, -0.1) is 5.10 Å². The lowest BCUT2D eigenvalue weighted by molar-refractivity contribution is 0.412. The van der Waals surface area contributed by atoms with Crippen molar-refractivity contribution in [1.29, 1.82) is 0 Å². The maximum atomic E-state index is 5.95. The van der Waals surface area contributed by atoms with Gasteiger partial charge in [-0.2, -0.15) is 0 Å². The van der Waals surface area contributed by atoms with Crippen LogP contribution in [0.4, 0.5) is 0 Å². The topological polar surface area (TPSA) is 81.1 Å². The summed E-state index contributed by atoms with van der Waals surface area (Å²) in [6, 6.07) is 10.4. The summed E-state index contributed by atoms with van der Waals surface area (Å²) in [6.45, 7) is 0.394. The van der Waals surface area contributed by atoms with Gasteiger partial charge >= 0.3 is 0 Å². The first-order chi connectivity index (χ1) is 10.8. The lowest BCUT2D eigenvalue weighted by atomic mass is 9.96. The highest BCUT2D eigenvalue weighted by atomic mass is 15.3. The number of nitrogens with one attached hydrogen (secondary N) is 1. The molecule has 0 unspecified atom stereocenters. The highest BCUT2D eigenvalue weighted by molar-refractivity contribution is 5.78. The van der Waals surface area contributed by atoms with E-state index in [4.69, 9.17) is 5.73 Å². The third kappa shape index (κ3) is 3.84. The third-order valence-corrected chi connectivity index (χ3v) is 3.91. The second-order valence-corrected chi connectivity index (χ2v) is 5.62. The normalized spacial score (nSPS) is 16.6. The SMILES string of the molecule is NC(=NCc1ncn(-c2ccccc2)n1)NC1CCCCC1. The first-order valence-corrected chi connectivity index (χ1v) is 7.84. The molecule has 0 atom stereocenters. The Morgan fingerprint density at radius 3 is 2.77 bits per heavy atom. The van der Waals surface area contributed by atoms with E-state index in [9.17, 15) is 0 Å². The molecule has 6 heteroatoms. The van der Waals surface area contributed by atoms with Crippen LogP contribution in [0.15, 0.2) is 41.7 Å². The van der Waals surface area contributed by atoms with E-state index in [1.165, 1.54) is 32.1 Å². The Morgan fingerprint density at radius 1 is 1.23 bits per heavy atom. The Labute approximate surface area is 130 Å². The smallest absolute Gasteiger partial charge is 0.189 e. The molecule has 1 fully saturated rings. The van der Waals surface area contributed by atoms with Crippen LogP contribution in [0.25, 0.3) is 5.69 Å². The summed E-state index contributed by atoms with van der Waals surface area (Å²) in [4.78, 5) is 8.61. The average Bonchev–Trinajstić information content (AvgIpc) is 3.04. The van der Waals surface area contributed by atoms with Crippen LogP contribution in [-0.2, 0) is 6.54 Å². The van der Waals surface area contributed by atoms with Crippen molar-refractivity contribution in [2.75, 3.05) is 0 Å². The number of nitrogens with zero attached hydrogens (tertiary/aromatic N) is 4. The lowest BCUT2D eigenvalue weighted by Gasteiger charge is -2.23. The molecule has 22 heavy (non-hydrogen) atoms. The van der Waals surface area contributed by atoms with Crippen LogP contribution in [0.1, 0.15) is 37.9 Å². The van der Waals surface area contributed by atoms with Gasteiger partial charge in [0, 0.05) is 6.04 Å². The van der Waals surface area contributed by atoms with Crippen LogP contribution < -0.4 is 11.1 Å². The molecule has 0 radical (unpaired) electrons. The van der Waals surface area contributed by atoms with Gasteiger partial charge in [0.05, 0.1) is 5.69 Å². The van der Waals surface area contributed by atoms with E-state index in [0.717, 1.165) is 5.69 Å². The predicted molar refractivity (Wildman–Crippen MR) is 86.7 cm³/mol. The molecule has 0 aliphatic heterocycles. The summed E-state index contributed by atoms with van der Waals surface area (Å²) in [5, 5.41) is 7.71. The van der Waals surface area contributed by atoms with E-state index in [0.29, 0.717) is 24.4 Å². The second-order valence-electron chi connectivity index (χ2n) is 5.62. The zero-order chi connectivity index (χ0) is 15.2. The number of aliphatic imine (C=N–C) groups is 1. The molecule has 6 nitrogen and oxygen atoms in total. The first kappa shape index (κ1) is 14.6. The van der Waals surface area contributed by atoms with E-state index in [-0.39, 0.29) is 0 Å². The molecule has 0 bridgehead atoms. The maximum absolute atomic E-state index is 5.95. The number of hydrogen-bond donors (Lipinski definition) is 2. The number of para-hydroxylation sites is 1. The van der Waals surface area contributed by atoms with Crippen molar-refractivity contribution in [3.05, 3.63) is 42.5 Å². The molecular weight excluding hydrogens is 276 g/mol. The molecule has 0 spiro atoms. The maximum Gasteiger partial charge on any atom is 0.189 e. The number of benzene rings is 1. The van der Waals surface area contributed by atoms with Crippen molar-refractivity contribution in [2.24, 2.45) is 10.7 Å². The average molecular weight is 298 g/mol. The fourth-order valence-corrected chi connectivity index (χ4v) is 2.73. The van der Waals surface area contributed by atoms with E-state index >= 15 is 0 Å². The molecule has 1 heterocycles. The fraction of sp³-hybridized carbons (Fsp3) is 0.438. The summed E-state index contributed by atoms with van der Waals surface area (Å²) in [6.07, 6.45) is 7.93. The highest BCUT2D eigenvalue weighted by Gasteiger charge is 2.13. The number of hydrogen-bond acceptors (Lipinski definition) is 3. The van der Waals surface area contributed by atoms with Gasteiger partial charge < -0.3 is 11.1 Å². The van der Waals surface area contributed by atoms with Crippen molar-refractivity contribution in [2.45, 2.75) is 44.7 Å². The number of aromatic nitrogens is 3. The van der Waals surface area contributed by atoms with E-state index < -0.39 is 0 Å². The van der Waals surface area contributed by atoms with E-state index in [2.05, 4.69) is 20.4 Å². The standard InChI is InChI=1S/C16H22N6/c17-16(20-13-7-3-1-4-8-13)18-11-15-19-12-22(21-15)14-9-5-2-6-10-14/h2,5-6,9-10,12-13H,1,3-4,7-8,11H2,(H3,17,18,20). The summed E-state index contributed by atoms with van der Waals surface area (Å²) in [5.74, 6) is 1.15. The Kier molecular flexibility index (Phi) is 4.68. The zero-order valence-electron chi connectivity index (χ0n) is 12.7. The number of rotatable bonds is 4. The second kappa shape index (κ2) is 7.06. The molecule has 3 N–H and O–H groups in total. The number of guanidine groups is 1. The molecule has 3 rings (SSSR count). The molecule has 1 aliphatic rings. The van der Waals surface area contributed by atoms with Crippen LogP contribution in [0, 0.1) is 0 Å². The summed E-state index contributed by atoms with van der Waals surface area (Å²) in [7, 11) is 0. The minimum atomic E-state index is 0.394. The van der Waals surface area contributed by atoms with Crippen molar-refractivity contribution in [1.82, 2.24) is 20.1 Å². The van der Waals surface area contributed by atoms with Crippen molar-refractivity contribution >= 4 is 5.96 Å². The van der Waals surface area contributed by atoms with Gasteiger partial charge in [-0.1, -0.05) is 37.5 Å². The third-order valence-electron chi connectivity index (χ3n) is 3.91. The molecule has 0 amide bonds. The van der Waals surface area contributed by atoms with Gasteiger partial charge in [-0.05, 0) is 25.0 Å². The van der Waals surface area contributed by atoms with Gasteiger partial charge in [-0.3, -0.25) is 0 Å². The van der Waals surface area contributed by atoms with Gasteiger partial charge in [0.2, 0.25) is 0 Å². The summed E-state index contributed by atoms with van der Waals surface area (Å²) in [5.41, 5.74) is 6.93. The molecule has 2 aromatic rings. The van der Waals surface area contributed by atoms with Crippen molar-refractivity contribution in [3.63, 3.8) is 0 Å². The molecule has 1 aromatic carbocycles. The molecule has 1 aromatic heterocycles. The molecule has 116 valence electrons. The van der Waals surface area contributed by atoms with E-state index in [1.807, 2.05) is 30.3 Å². The van der Waals surface area contributed by atoms with Crippen LogP contribution >= 0.6 is 0 Å². The van der Waals surface area contributed by atoms with Crippen LogP contribution in [0.3, 0.4) is 0 Å². The van der Waals surface area contributed by atoms with Gasteiger partial charge in [0.15, 0.2) is 11.8 Å². The van der Waals surface area contributed by atoms with Gasteiger partial charge in [0.1, 0.15) is 12.9 Å². The first-order valence-electron chi connectivity index (χ1n) is 7.84.